The van der Waals surface area contributed by atoms with Crippen LogP contribution >= 0.6 is 9.24 Å². The zero-order chi connectivity index (χ0) is 6.12. The van der Waals surface area contributed by atoms with Crippen molar-refractivity contribution in [2.24, 2.45) is 0 Å². The van der Waals surface area contributed by atoms with E-state index in [0.717, 1.165) is 6.54 Å². The first-order valence-electron chi connectivity index (χ1n) is 2.82. The Morgan fingerprint density at radius 3 is 1.57 bits per heavy atom. The van der Waals surface area contributed by atoms with Gasteiger partial charge in [-0.3, -0.25) is 0 Å². The standard InChI is InChI=1S/C3H9N.C2H7P/c1-2-3-4;1-2-3/h2-4H2,1H3;2-3H2,1H3/p+1. The third-order valence-electron chi connectivity index (χ3n) is 0.354. The lowest BCUT2D eigenvalue weighted by atomic mass is 10.5. The molecular weight excluding hydrogens is 105 g/mol. The number of hydrogen-bond acceptors (Lipinski definition) is 0. The highest BCUT2D eigenvalue weighted by molar-refractivity contribution is 7.16. The topological polar surface area (TPSA) is 27.6 Å². The average molecular weight is 122 g/mol. The normalized spacial score (nSPS) is 6.86. The molecule has 0 aromatic rings. The summed E-state index contributed by atoms with van der Waals surface area (Å²) in [5, 5.41) is 0. The molecule has 0 aromatic carbocycles. The maximum atomic E-state index is 3.60. The van der Waals surface area contributed by atoms with Crippen molar-refractivity contribution < 1.29 is 5.73 Å². The molecule has 0 heterocycles. The summed E-state index contributed by atoms with van der Waals surface area (Å²) in [6, 6.07) is 0. The minimum Gasteiger partial charge on any atom is -0.358 e. The summed E-state index contributed by atoms with van der Waals surface area (Å²) < 4.78 is 0. The van der Waals surface area contributed by atoms with Crippen LogP contribution in [0.25, 0.3) is 0 Å². The molecule has 1 atom stereocenters. The zero-order valence-corrected chi connectivity index (χ0v) is 6.56. The van der Waals surface area contributed by atoms with E-state index >= 15 is 0 Å². The molecule has 7 heavy (non-hydrogen) atoms. The van der Waals surface area contributed by atoms with Crippen LogP contribution in [-0.2, 0) is 0 Å². The molecule has 2 heteroatoms. The van der Waals surface area contributed by atoms with Crippen molar-refractivity contribution in [3.63, 3.8) is 0 Å². The molecule has 0 aliphatic carbocycles. The second-order valence-electron chi connectivity index (χ2n) is 1.26. The molecule has 0 aromatic heterocycles. The van der Waals surface area contributed by atoms with Gasteiger partial charge in [0.25, 0.3) is 0 Å². The van der Waals surface area contributed by atoms with Gasteiger partial charge in [0.05, 0.1) is 6.54 Å². The minimum atomic E-state index is 1.07. The van der Waals surface area contributed by atoms with Crippen LogP contribution in [0.4, 0.5) is 0 Å². The van der Waals surface area contributed by atoms with E-state index in [-0.39, 0.29) is 0 Å². The fourth-order valence-electron chi connectivity index (χ4n) is 0. The Kier molecular flexibility index (Phi) is 24.0. The molecule has 0 amide bonds. The highest BCUT2D eigenvalue weighted by atomic mass is 31.0. The Hall–Kier alpha value is 0.390. The van der Waals surface area contributed by atoms with Crippen LogP contribution in [0.5, 0.6) is 0 Å². The van der Waals surface area contributed by atoms with Crippen LogP contribution in [0.3, 0.4) is 0 Å². The van der Waals surface area contributed by atoms with Crippen molar-refractivity contribution >= 4 is 9.24 Å². The molecule has 1 unspecified atom stereocenters. The Balaban J connectivity index is 0. The summed E-state index contributed by atoms with van der Waals surface area (Å²) in [6.07, 6.45) is 2.38. The molecule has 0 rings (SSSR count). The van der Waals surface area contributed by atoms with Gasteiger partial charge in [-0.1, -0.05) is 13.8 Å². The van der Waals surface area contributed by atoms with Crippen molar-refractivity contribution in [3.8, 4) is 0 Å². The van der Waals surface area contributed by atoms with Gasteiger partial charge in [-0.05, 0) is 12.6 Å². The van der Waals surface area contributed by atoms with E-state index < -0.39 is 0 Å². The molecule has 0 saturated carbocycles. The van der Waals surface area contributed by atoms with Gasteiger partial charge in [0, 0.05) is 0 Å². The molecular formula is C5H17NP+. The van der Waals surface area contributed by atoms with Crippen molar-refractivity contribution in [1.82, 2.24) is 0 Å². The molecule has 0 spiro atoms. The van der Waals surface area contributed by atoms with Gasteiger partial charge in [-0.25, -0.2) is 0 Å². The Morgan fingerprint density at radius 1 is 1.43 bits per heavy atom. The summed E-state index contributed by atoms with van der Waals surface area (Å²) in [7, 11) is 2.58. The fraction of sp³-hybridized carbons (Fsp3) is 1.00. The van der Waals surface area contributed by atoms with E-state index in [1.165, 1.54) is 12.6 Å². The van der Waals surface area contributed by atoms with Gasteiger partial charge < -0.3 is 5.73 Å². The molecule has 3 N–H and O–H groups in total. The van der Waals surface area contributed by atoms with Crippen molar-refractivity contribution in [2.45, 2.75) is 20.3 Å². The Labute approximate surface area is 48.9 Å². The van der Waals surface area contributed by atoms with Crippen LogP contribution in [-0.4, -0.2) is 12.7 Å². The monoisotopic (exact) mass is 122 g/mol. The molecule has 0 radical (unpaired) electrons. The molecule has 0 aliphatic rings. The molecule has 46 valence electrons. The Bertz CT molecular complexity index is 15.6. The first-order valence-corrected chi connectivity index (χ1v) is 3.64. The third-order valence-corrected chi connectivity index (χ3v) is 0.354. The van der Waals surface area contributed by atoms with Crippen LogP contribution in [0.15, 0.2) is 0 Å². The van der Waals surface area contributed by atoms with E-state index in [9.17, 15) is 0 Å². The van der Waals surface area contributed by atoms with E-state index in [2.05, 4.69) is 28.8 Å². The SMILES string of the molecule is CCC[NH3+].CCP. The first-order chi connectivity index (χ1) is 3.33. The van der Waals surface area contributed by atoms with Crippen LogP contribution in [0.2, 0.25) is 0 Å². The molecule has 1 nitrogen and oxygen atoms in total. The van der Waals surface area contributed by atoms with Gasteiger partial charge in [-0.15, -0.1) is 9.24 Å². The lowest BCUT2D eigenvalue weighted by Gasteiger charge is -1.66. The summed E-state index contributed by atoms with van der Waals surface area (Å²) in [4.78, 5) is 0. The van der Waals surface area contributed by atoms with E-state index in [1.807, 2.05) is 0 Å². The molecule has 0 fully saturated rings. The summed E-state index contributed by atoms with van der Waals surface area (Å²) in [6.45, 7) is 5.28. The maximum Gasteiger partial charge on any atom is 0.0737 e. The molecule has 0 bridgehead atoms. The van der Waals surface area contributed by atoms with Crippen molar-refractivity contribution in [2.75, 3.05) is 12.7 Å². The second kappa shape index (κ2) is 16.2. The van der Waals surface area contributed by atoms with Crippen LogP contribution in [0.1, 0.15) is 20.3 Å². The predicted octanol–water partition coefficient (Wildman–Crippen LogP) is 0.520. The largest absolute Gasteiger partial charge is 0.358 e. The van der Waals surface area contributed by atoms with Crippen molar-refractivity contribution in [3.05, 3.63) is 0 Å². The van der Waals surface area contributed by atoms with Gasteiger partial charge in [0.15, 0.2) is 0 Å². The summed E-state index contributed by atoms with van der Waals surface area (Å²) in [5.74, 6) is 0. The highest BCUT2D eigenvalue weighted by Gasteiger charge is 1.59. The smallest absolute Gasteiger partial charge is 0.0737 e. The second-order valence-corrected chi connectivity index (χ2v) is 2.08. The first kappa shape index (κ1) is 10.4. The lowest BCUT2D eigenvalue weighted by Crippen LogP contribution is -2.49. The average Bonchev–Trinajstić information content (AvgIpc) is 1.69. The zero-order valence-electron chi connectivity index (χ0n) is 5.41. The summed E-state index contributed by atoms with van der Waals surface area (Å²) in [5.41, 5.74) is 3.60. The van der Waals surface area contributed by atoms with Gasteiger partial charge in [0.2, 0.25) is 0 Å². The third kappa shape index (κ3) is 63.7. The maximum absolute atomic E-state index is 3.60. The van der Waals surface area contributed by atoms with Crippen LogP contribution < -0.4 is 5.73 Å². The van der Waals surface area contributed by atoms with Crippen molar-refractivity contribution in [1.29, 1.82) is 0 Å². The molecule has 0 saturated heterocycles. The quantitative estimate of drug-likeness (QED) is 0.491. The fourth-order valence-corrected chi connectivity index (χ4v) is 0. The minimum absolute atomic E-state index is 1.07. The van der Waals surface area contributed by atoms with E-state index in [0.29, 0.717) is 0 Å². The predicted molar refractivity (Wildman–Crippen MR) is 38.3 cm³/mol. The lowest BCUT2D eigenvalue weighted by molar-refractivity contribution is -0.367. The van der Waals surface area contributed by atoms with Gasteiger partial charge in [0.1, 0.15) is 0 Å². The molecule has 0 aliphatic heterocycles. The highest BCUT2D eigenvalue weighted by Crippen LogP contribution is 1.68. The van der Waals surface area contributed by atoms with Crippen LogP contribution in [0, 0.1) is 0 Å². The van der Waals surface area contributed by atoms with Gasteiger partial charge >= 0.3 is 0 Å². The van der Waals surface area contributed by atoms with E-state index in [4.69, 9.17) is 0 Å². The number of quaternary nitrogens is 1. The Morgan fingerprint density at radius 2 is 1.57 bits per heavy atom. The van der Waals surface area contributed by atoms with Gasteiger partial charge in [-0.2, -0.15) is 0 Å². The summed E-state index contributed by atoms with van der Waals surface area (Å²) >= 11 is 0. The number of hydrogen-bond donors (Lipinski definition) is 1. The number of rotatable bonds is 1. The van der Waals surface area contributed by atoms with E-state index in [1.54, 1.807) is 0 Å².